The highest BCUT2D eigenvalue weighted by molar-refractivity contribution is 5.72. The van der Waals surface area contributed by atoms with Crippen LogP contribution in [0.1, 0.15) is 33.1 Å². The Kier molecular flexibility index (Phi) is 9.91. The molecule has 96 valence electrons. The van der Waals surface area contributed by atoms with E-state index >= 15 is 0 Å². The van der Waals surface area contributed by atoms with E-state index in [0.29, 0.717) is 19.6 Å². The highest BCUT2D eigenvalue weighted by atomic mass is 16.5. The van der Waals surface area contributed by atoms with Gasteiger partial charge in [0.2, 0.25) is 0 Å². The van der Waals surface area contributed by atoms with Gasteiger partial charge in [0, 0.05) is 12.8 Å². The molecule has 0 aliphatic heterocycles. The van der Waals surface area contributed by atoms with E-state index in [4.69, 9.17) is 9.47 Å². The molecule has 0 amide bonds. The first-order chi connectivity index (χ1) is 8.20. The summed E-state index contributed by atoms with van der Waals surface area (Å²) in [5.41, 5.74) is 0. The molecule has 4 nitrogen and oxygen atoms in total. The van der Waals surface area contributed by atoms with Gasteiger partial charge in [0.15, 0.2) is 0 Å². The standard InChI is InChI=1S/C13H20O4/c1-3-5-10-16-12(14)8-7-9-13(15)17-11-6-4-2/h3-6H,7-11H2,1-2H3. The molecule has 0 bridgehead atoms. The van der Waals surface area contributed by atoms with E-state index in [0.717, 1.165) is 0 Å². The molecule has 0 fully saturated rings. The number of carbonyl (C=O) groups is 2. The third kappa shape index (κ3) is 10.7. The van der Waals surface area contributed by atoms with E-state index in [9.17, 15) is 9.59 Å². The smallest absolute Gasteiger partial charge is 0.306 e. The van der Waals surface area contributed by atoms with E-state index < -0.39 is 0 Å². The van der Waals surface area contributed by atoms with E-state index in [-0.39, 0.29) is 24.8 Å². The van der Waals surface area contributed by atoms with Gasteiger partial charge in [0.1, 0.15) is 13.2 Å². The zero-order valence-corrected chi connectivity index (χ0v) is 10.5. The van der Waals surface area contributed by atoms with Crippen molar-refractivity contribution in [3.8, 4) is 0 Å². The van der Waals surface area contributed by atoms with Gasteiger partial charge in [-0.2, -0.15) is 0 Å². The number of allylic oxidation sites excluding steroid dienone is 2. The van der Waals surface area contributed by atoms with Crippen LogP contribution in [-0.2, 0) is 19.1 Å². The van der Waals surface area contributed by atoms with Crippen LogP contribution in [0.15, 0.2) is 24.3 Å². The van der Waals surface area contributed by atoms with Crippen molar-refractivity contribution in [2.45, 2.75) is 33.1 Å². The maximum atomic E-state index is 11.1. The van der Waals surface area contributed by atoms with E-state index in [1.54, 1.807) is 12.2 Å². The van der Waals surface area contributed by atoms with Crippen LogP contribution in [0.25, 0.3) is 0 Å². The minimum absolute atomic E-state index is 0.246. The molecule has 0 radical (unpaired) electrons. The maximum Gasteiger partial charge on any atom is 0.306 e. The van der Waals surface area contributed by atoms with Gasteiger partial charge in [0.05, 0.1) is 0 Å². The lowest BCUT2D eigenvalue weighted by Gasteiger charge is -2.02. The molecule has 0 aliphatic rings. The summed E-state index contributed by atoms with van der Waals surface area (Å²) in [5.74, 6) is -0.575. The lowest BCUT2D eigenvalue weighted by Crippen LogP contribution is -2.08. The molecule has 0 saturated carbocycles. The Bertz CT molecular complexity index is 251. The zero-order chi connectivity index (χ0) is 12.9. The fourth-order valence-corrected chi connectivity index (χ4v) is 0.996. The van der Waals surface area contributed by atoms with Crippen LogP contribution >= 0.6 is 0 Å². The monoisotopic (exact) mass is 240 g/mol. The predicted octanol–water partition coefficient (Wildman–Crippen LogP) is 2.40. The van der Waals surface area contributed by atoms with Gasteiger partial charge in [0.25, 0.3) is 0 Å². The molecule has 0 rings (SSSR count). The summed E-state index contributed by atoms with van der Waals surface area (Å²) < 4.78 is 9.75. The molecule has 0 N–H and O–H groups in total. The average Bonchev–Trinajstić information content (AvgIpc) is 2.30. The molecular weight excluding hydrogens is 220 g/mol. The molecule has 4 heteroatoms. The minimum Gasteiger partial charge on any atom is -0.461 e. The first-order valence-corrected chi connectivity index (χ1v) is 5.74. The molecule has 0 aromatic rings. The lowest BCUT2D eigenvalue weighted by molar-refractivity contribution is -0.144. The summed E-state index contributed by atoms with van der Waals surface area (Å²) in [6, 6.07) is 0. The quantitative estimate of drug-likeness (QED) is 0.483. The normalized spacial score (nSPS) is 10.9. The molecule has 17 heavy (non-hydrogen) atoms. The van der Waals surface area contributed by atoms with Crippen molar-refractivity contribution >= 4 is 11.9 Å². The molecule has 0 heterocycles. The summed E-state index contributed by atoms with van der Waals surface area (Å²) in [6.07, 6.45) is 8.08. The Balaban J connectivity index is 3.48. The summed E-state index contributed by atoms with van der Waals surface area (Å²) in [4.78, 5) is 22.3. The van der Waals surface area contributed by atoms with Gasteiger partial charge >= 0.3 is 11.9 Å². The van der Waals surface area contributed by atoms with Gasteiger partial charge in [-0.05, 0) is 20.3 Å². The van der Waals surface area contributed by atoms with E-state index in [2.05, 4.69) is 0 Å². The van der Waals surface area contributed by atoms with Crippen molar-refractivity contribution in [3.05, 3.63) is 24.3 Å². The van der Waals surface area contributed by atoms with Gasteiger partial charge in [-0.25, -0.2) is 0 Å². The largest absolute Gasteiger partial charge is 0.461 e. The second-order valence-corrected chi connectivity index (χ2v) is 3.36. The maximum absolute atomic E-state index is 11.1. The van der Waals surface area contributed by atoms with Crippen LogP contribution in [0, 0.1) is 0 Å². The van der Waals surface area contributed by atoms with Crippen molar-refractivity contribution < 1.29 is 19.1 Å². The van der Waals surface area contributed by atoms with Crippen molar-refractivity contribution in [1.82, 2.24) is 0 Å². The minimum atomic E-state index is -0.288. The van der Waals surface area contributed by atoms with Gasteiger partial charge in [-0.1, -0.05) is 24.3 Å². The Morgan fingerprint density at radius 1 is 0.882 bits per heavy atom. The molecule has 0 aliphatic carbocycles. The van der Waals surface area contributed by atoms with Crippen molar-refractivity contribution in [3.63, 3.8) is 0 Å². The van der Waals surface area contributed by atoms with Crippen LogP contribution < -0.4 is 0 Å². The molecule has 0 aromatic heterocycles. The summed E-state index contributed by atoms with van der Waals surface area (Å²) in [7, 11) is 0. The zero-order valence-electron chi connectivity index (χ0n) is 10.5. The van der Waals surface area contributed by atoms with Crippen molar-refractivity contribution in [1.29, 1.82) is 0 Å². The molecular formula is C13H20O4. The lowest BCUT2D eigenvalue weighted by atomic mass is 10.2. The van der Waals surface area contributed by atoms with Gasteiger partial charge in [-0.3, -0.25) is 9.59 Å². The second kappa shape index (κ2) is 10.9. The first-order valence-electron chi connectivity index (χ1n) is 5.74. The fraction of sp³-hybridized carbons (Fsp3) is 0.538. The first kappa shape index (κ1) is 15.4. The number of carbonyl (C=O) groups excluding carboxylic acids is 2. The number of ether oxygens (including phenoxy) is 2. The van der Waals surface area contributed by atoms with Crippen LogP contribution in [0.5, 0.6) is 0 Å². The highest BCUT2D eigenvalue weighted by Gasteiger charge is 2.05. The van der Waals surface area contributed by atoms with Gasteiger partial charge in [-0.15, -0.1) is 0 Å². The van der Waals surface area contributed by atoms with Crippen molar-refractivity contribution in [2.24, 2.45) is 0 Å². The Morgan fingerprint density at radius 2 is 1.29 bits per heavy atom. The predicted molar refractivity (Wildman–Crippen MR) is 65.4 cm³/mol. The third-order valence-corrected chi connectivity index (χ3v) is 1.91. The summed E-state index contributed by atoms with van der Waals surface area (Å²) in [5, 5.41) is 0. The molecule has 0 aromatic carbocycles. The number of esters is 2. The van der Waals surface area contributed by atoms with Crippen LogP contribution in [-0.4, -0.2) is 25.2 Å². The van der Waals surface area contributed by atoms with Crippen LogP contribution in [0.2, 0.25) is 0 Å². The Labute approximate surface area is 102 Å². The molecule has 0 spiro atoms. The van der Waals surface area contributed by atoms with E-state index in [1.807, 2.05) is 26.0 Å². The highest BCUT2D eigenvalue weighted by Crippen LogP contribution is 2.00. The Hall–Kier alpha value is -1.58. The number of hydrogen-bond donors (Lipinski definition) is 0. The molecule has 0 saturated heterocycles. The van der Waals surface area contributed by atoms with Crippen molar-refractivity contribution in [2.75, 3.05) is 13.2 Å². The number of hydrogen-bond acceptors (Lipinski definition) is 4. The van der Waals surface area contributed by atoms with E-state index in [1.165, 1.54) is 0 Å². The van der Waals surface area contributed by atoms with Gasteiger partial charge < -0.3 is 9.47 Å². The van der Waals surface area contributed by atoms with Crippen LogP contribution in [0.3, 0.4) is 0 Å². The fourth-order valence-electron chi connectivity index (χ4n) is 0.996. The molecule has 0 unspecified atom stereocenters. The Morgan fingerprint density at radius 3 is 1.65 bits per heavy atom. The summed E-state index contributed by atoms with van der Waals surface area (Å²) >= 11 is 0. The summed E-state index contributed by atoms with van der Waals surface area (Å²) in [6.45, 7) is 4.30. The van der Waals surface area contributed by atoms with Crippen LogP contribution in [0.4, 0.5) is 0 Å². The average molecular weight is 240 g/mol. The SMILES string of the molecule is CC=CCOC(=O)CCCC(=O)OCC=CC. The number of rotatable bonds is 8. The third-order valence-electron chi connectivity index (χ3n) is 1.91. The topological polar surface area (TPSA) is 52.6 Å². The molecule has 0 atom stereocenters. The second-order valence-electron chi connectivity index (χ2n) is 3.36.